The summed E-state index contributed by atoms with van der Waals surface area (Å²) in [7, 11) is 0. The van der Waals surface area contributed by atoms with Gasteiger partial charge < -0.3 is 14.9 Å². The molecule has 14 heavy (non-hydrogen) atoms. The number of hydrogen-bond donors (Lipinski definition) is 0. The zero-order valence-corrected chi connectivity index (χ0v) is 7.77. The lowest BCUT2D eigenvalue weighted by molar-refractivity contribution is -0.389. The van der Waals surface area contributed by atoms with E-state index in [-0.39, 0.29) is 11.9 Å². The maximum Gasteiger partial charge on any atom is 0.367 e. The molecule has 1 heterocycles. The van der Waals surface area contributed by atoms with Crippen LogP contribution in [-0.2, 0) is 0 Å². The SMILES string of the molecule is Cc1cnc([N+](=O)[O-])cc1OC1CC1. The van der Waals surface area contributed by atoms with Crippen LogP contribution in [0.1, 0.15) is 18.4 Å². The Kier molecular flexibility index (Phi) is 2.07. The first-order valence-electron chi connectivity index (χ1n) is 4.44. The Hall–Kier alpha value is -1.65. The number of nitrogens with zero attached hydrogens (tertiary/aromatic N) is 2. The van der Waals surface area contributed by atoms with Gasteiger partial charge in [-0.3, -0.25) is 0 Å². The van der Waals surface area contributed by atoms with E-state index < -0.39 is 4.92 Å². The third kappa shape index (κ3) is 1.81. The molecule has 0 radical (unpaired) electrons. The van der Waals surface area contributed by atoms with Crippen molar-refractivity contribution in [2.75, 3.05) is 0 Å². The lowest BCUT2D eigenvalue weighted by atomic mass is 10.3. The third-order valence-corrected chi connectivity index (χ3v) is 2.04. The molecule has 0 saturated heterocycles. The maximum absolute atomic E-state index is 10.5. The van der Waals surface area contributed by atoms with Crippen molar-refractivity contribution in [3.8, 4) is 5.75 Å². The highest BCUT2D eigenvalue weighted by Crippen LogP contribution is 2.30. The zero-order valence-electron chi connectivity index (χ0n) is 7.77. The van der Waals surface area contributed by atoms with Gasteiger partial charge in [-0.2, -0.15) is 0 Å². The van der Waals surface area contributed by atoms with Gasteiger partial charge in [0.05, 0.1) is 12.2 Å². The molecule has 1 saturated carbocycles. The third-order valence-electron chi connectivity index (χ3n) is 2.04. The molecule has 74 valence electrons. The second-order valence-electron chi connectivity index (χ2n) is 3.38. The van der Waals surface area contributed by atoms with Crippen molar-refractivity contribution in [3.63, 3.8) is 0 Å². The molecule has 0 aliphatic heterocycles. The Balaban J connectivity index is 2.26. The van der Waals surface area contributed by atoms with E-state index in [1.807, 2.05) is 6.92 Å². The van der Waals surface area contributed by atoms with Crippen LogP contribution in [-0.4, -0.2) is 16.0 Å². The standard InChI is InChI=1S/C9H10N2O3/c1-6-5-10-9(11(12)13)4-8(6)14-7-2-3-7/h4-5,7H,2-3H2,1H3. The van der Waals surface area contributed by atoms with Crippen molar-refractivity contribution in [2.45, 2.75) is 25.9 Å². The summed E-state index contributed by atoms with van der Waals surface area (Å²) in [6.45, 7) is 1.83. The Bertz CT molecular complexity index is 374. The lowest BCUT2D eigenvalue weighted by Gasteiger charge is -2.05. The summed E-state index contributed by atoms with van der Waals surface area (Å²) < 4.78 is 5.50. The van der Waals surface area contributed by atoms with Crippen molar-refractivity contribution in [3.05, 3.63) is 27.9 Å². The minimum atomic E-state index is -0.515. The van der Waals surface area contributed by atoms with Crippen molar-refractivity contribution in [1.29, 1.82) is 0 Å². The lowest BCUT2D eigenvalue weighted by Crippen LogP contribution is -2.00. The van der Waals surface area contributed by atoms with E-state index in [0.29, 0.717) is 5.75 Å². The summed E-state index contributed by atoms with van der Waals surface area (Å²) in [6, 6.07) is 1.38. The first kappa shape index (κ1) is 8.93. The molecule has 0 bridgehead atoms. The number of aryl methyl sites for hydroxylation is 1. The van der Waals surface area contributed by atoms with Gasteiger partial charge in [-0.1, -0.05) is 0 Å². The molecule has 0 atom stereocenters. The highest BCUT2D eigenvalue weighted by Gasteiger charge is 2.25. The van der Waals surface area contributed by atoms with E-state index in [1.165, 1.54) is 12.3 Å². The second kappa shape index (κ2) is 3.25. The molecule has 1 aromatic rings. The van der Waals surface area contributed by atoms with Gasteiger partial charge in [0.25, 0.3) is 0 Å². The molecule has 0 unspecified atom stereocenters. The molecule has 0 aromatic carbocycles. The summed E-state index contributed by atoms with van der Waals surface area (Å²) in [4.78, 5) is 13.6. The summed E-state index contributed by atoms with van der Waals surface area (Å²) in [6.07, 6.45) is 3.79. The number of rotatable bonds is 3. The molecule has 0 N–H and O–H groups in total. The van der Waals surface area contributed by atoms with Crippen molar-refractivity contribution >= 4 is 5.82 Å². The van der Waals surface area contributed by atoms with E-state index >= 15 is 0 Å². The molecule has 5 heteroatoms. The number of pyridine rings is 1. The molecule has 1 aliphatic carbocycles. The van der Waals surface area contributed by atoms with E-state index in [9.17, 15) is 10.1 Å². The van der Waals surface area contributed by atoms with Gasteiger partial charge in [-0.15, -0.1) is 0 Å². The second-order valence-corrected chi connectivity index (χ2v) is 3.38. The molecule has 2 rings (SSSR count). The van der Waals surface area contributed by atoms with Gasteiger partial charge in [0.15, 0.2) is 0 Å². The molecule has 0 amide bonds. The number of nitro groups is 1. The average Bonchev–Trinajstić information content (AvgIpc) is 2.92. The summed E-state index contributed by atoms with van der Waals surface area (Å²) in [5.74, 6) is 0.417. The van der Waals surface area contributed by atoms with Crippen LogP contribution >= 0.6 is 0 Å². The first-order valence-corrected chi connectivity index (χ1v) is 4.44. The molecular weight excluding hydrogens is 184 g/mol. The van der Waals surface area contributed by atoms with Gasteiger partial charge in [-0.25, -0.2) is 0 Å². The quantitative estimate of drug-likeness (QED) is 0.544. The molecule has 1 fully saturated rings. The summed E-state index contributed by atoms with van der Waals surface area (Å²) >= 11 is 0. The van der Waals surface area contributed by atoms with Crippen molar-refractivity contribution in [1.82, 2.24) is 4.98 Å². The summed E-state index contributed by atoms with van der Waals surface area (Å²) in [5, 5.41) is 10.5. The van der Waals surface area contributed by atoms with Crippen LogP contribution in [0.3, 0.4) is 0 Å². The maximum atomic E-state index is 10.5. The Morgan fingerprint density at radius 2 is 2.36 bits per heavy atom. The first-order chi connectivity index (χ1) is 6.66. The average molecular weight is 194 g/mol. The number of hydrogen-bond acceptors (Lipinski definition) is 4. The fraction of sp³-hybridized carbons (Fsp3) is 0.444. The minimum absolute atomic E-state index is 0.161. The van der Waals surface area contributed by atoms with Crippen LogP contribution in [0, 0.1) is 17.0 Å². The minimum Gasteiger partial charge on any atom is -0.490 e. The summed E-state index contributed by atoms with van der Waals surface area (Å²) in [5.41, 5.74) is 0.836. The Labute approximate surface area is 80.9 Å². The number of aromatic nitrogens is 1. The Morgan fingerprint density at radius 3 is 2.93 bits per heavy atom. The van der Waals surface area contributed by atoms with Gasteiger partial charge in [-0.05, 0) is 29.7 Å². The Morgan fingerprint density at radius 1 is 1.64 bits per heavy atom. The zero-order chi connectivity index (χ0) is 10.1. The van der Waals surface area contributed by atoms with Crippen LogP contribution in [0.4, 0.5) is 5.82 Å². The van der Waals surface area contributed by atoms with Crippen molar-refractivity contribution in [2.24, 2.45) is 0 Å². The monoisotopic (exact) mass is 194 g/mol. The van der Waals surface area contributed by atoms with E-state index in [4.69, 9.17) is 4.74 Å². The van der Waals surface area contributed by atoms with Crippen molar-refractivity contribution < 1.29 is 9.66 Å². The molecule has 5 nitrogen and oxygen atoms in total. The molecule has 1 aromatic heterocycles. The normalized spacial score (nSPS) is 15.2. The largest absolute Gasteiger partial charge is 0.490 e. The van der Waals surface area contributed by atoms with Gasteiger partial charge in [0, 0.05) is 5.56 Å². The smallest absolute Gasteiger partial charge is 0.367 e. The van der Waals surface area contributed by atoms with E-state index in [2.05, 4.69) is 4.98 Å². The molecular formula is C9H10N2O3. The van der Waals surface area contributed by atoms with Crippen LogP contribution < -0.4 is 4.74 Å². The predicted molar refractivity (Wildman–Crippen MR) is 49.3 cm³/mol. The fourth-order valence-electron chi connectivity index (χ4n) is 1.09. The van der Waals surface area contributed by atoms with Crippen LogP contribution in [0.15, 0.2) is 12.3 Å². The van der Waals surface area contributed by atoms with Gasteiger partial charge >= 0.3 is 5.82 Å². The molecule has 0 spiro atoms. The van der Waals surface area contributed by atoms with E-state index in [1.54, 1.807) is 0 Å². The van der Waals surface area contributed by atoms with Crippen LogP contribution in [0.25, 0.3) is 0 Å². The highest BCUT2D eigenvalue weighted by molar-refractivity contribution is 5.37. The molecule has 1 aliphatic rings. The number of ether oxygens (including phenoxy) is 1. The van der Waals surface area contributed by atoms with Crippen LogP contribution in [0.5, 0.6) is 5.75 Å². The van der Waals surface area contributed by atoms with Crippen LogP contribution in [0.2, 0.25) is 0 Å². The fourth-order valence-corrected chi connectivity index (χ4v) is 1.09. The predicted octanol–water partition coefficient (Wildman–Crippen LogP) is 1.84. The van der Waals surface area contributed by atoms with Gasteiger partial charge in [0.2, 0.25) is 0 Å². The highest BCUT2D eigenvalue weighted by atomic mass is 16.6. The van der Waals surface area contributed by atoms with Gasteiger partial charge in [0.1, 0.15) is 11.9 Å². The topological polar surface area (TPSA) is 65.3 Å². The van der Waals surface area contributed by atoms with E-state index in [0.717, 1.165) is 18.4 Å².